The predicted octanol–water partition coefficient (Wildman–Crippen LogP) is 3.95. The number of nitrogens with two attached hydrogens (primary N) is 1. The van der Waals surface area contributed by atoms with Crippen molar-refractivity contribution in [2.24, 2.45) is 10.7 Å². The van der Waals surface area contributed by atoms with Gasteiger partial charge in [-0.15, -0.1) is 37.1 Å². The molecular weight excluding hydrogens is 494 g/mol. The van der Waals surface area contributed by atoms with Crippen LogP contribution in [0.1, 0.15) is 0 Å². The maximum atomic E-state index is 12.1. The fourth-order valence-corrected chi connectivity index (χ4v) is 2.00. The van der Waals surface area contributed by atoms with Gasteiger partial charge >= 0.3 is 6.36 Å². The minimum atomic E-state index is -4.74. The number of halogens is 4. The minimum absolute atomic E-state index is 0. The Bertz CT molecular complexity index is 799. The van der Waals surface area contributed by atoms with E-state index in [1.54, 1.807) is 12.1 Å². The van der Waals surface area contributed by atoms with Gasteiger partial charge in [0.15, 0.2) is 5.96 Å². The fourth-order valence-electron chi connectivity index (χ4n) is 2.00. The molecule has 0 aromatic heterocycles. The van der Waals surface area contributed by atoms with Crippen molar-refractivity contribution in [2.45, 2.75) is 6.36 Å². The van der Waals surface area contributed by atoms with Crippen LogP contribution in [0.25, 0.3) is 0 Å². The molecule has 0 spiro atoms. The molecule has 0 aliphatic heterocycles. The normalized spacial score (nSPS) is 11.3. The summed E-state index contributed by atoms with van der Waals surface area (Å²) in [4.78, 5) is 14.1. The Morgan fingerprint density at radius 2 is 1.68 bits per heavy atom. The van der Waals surface area contributed by atoms with E-state index in [2.05, 4.69) is 20.4 Å². The summed E-state index contributed by atoms with van der Waals surface area (Å²) in [6, 6.07) is 11.0. The maximum absolute atomic E-state index is 12.1. The zero-order valence-corrected chi connectivity index (χ0v) is 16.6. The van der Waals surface area contributed by atoms with Crippen molar-refractivity contribution >= 4 is 47.0 Å². The first-order valence-corrected chi connectivity index (χ1v) is 7.64. The number of nitrogens with one attached hydrogen (secondary N) is 2. The van der Waals surface area contributed by atoms with Crippen molar-refractivity contribution in [3.05, 3.63) is 58.6 Å². The number of benzene rings is 2. The molecule has 2 aromatic rings. The molecule has 0 atom stereocenters. The average Bonchev–Trinajstić information content (AvgIpc) is 2.59. The molecule has 0 aliphatic rings. The largest absolute Gasteiger partial charge is 0.573 e. The summed E-state index contributed by atoms with van der Waals surface area (Å²) in [6.07, 6.45) is -4.74. The first kappa shape index (κ1) is 23.3. The lowest BCUT2D eigenvalue weighted by Crippen LogP contribution is -2.23. The highest BCUT2D eigenvalue weighted by Gasteiger charge is 2.30. The van der Waals surface area contributed by atoms with E-state index in [1.165, 1.54) is 24.3 Å². The van der Waals surface area contributed by atoms with Gasteiger partial charge in [0.25, 0.3) is 5.69 Å². The molecule has 0 saturated carbocycles. The molecule has 0 saturated heterocycles. The predicted molar refractivity (Wildman–Crippen MR) is 110 cm³/mol. The third-order valence-electron chi connectivity index (χ3n) is 3.16. The number of alkyl halides is 3. The fraction of sp³-hybridized carbons (Fsp3) is 0.188. The number of nitrogens with zero attached hydrogens (tertiary/aromatic N) is 2. The van der Waals surface area contributed by atoms with E-state index in [-0.39, 0.29) is 41.4 Å². The molecule has 0 bridgehead atoms. The highest BCUT2D eigenvalue weighted by molar-refractivity contribution is 14.0. The lowest BCUT2D eigenvalue weighted by molar-refractivity contribution is -0.384. The van der Waals surface area contributed by atoms with Gasteiger partial charge < -0.3 is 21.1 Å². The highest BCUT2D eigenvalue weighted by Crippen LogP contribution is 2.23. The Kier molecular flexibility index (Phi) is 8.76. The van der Waals surface area contributed by atoms with Crippen molar-refractivity contribution in [3.63, 3.8) is 0 Å². The monoisotopic (exact) mass is 511 g/mol. The summed E-state index contributed by atoms with van der Waals surface area (Å²) in [5, 5.41) is 16.3. The Morgan fingerprint density at radius 1 is 1.11 bits per heavy atom. The Hall–Kier alpha value is -2.77. The maximum Gasteiger partial charge on any atom is 0.573 e. The molecule has 0 amide bonds. The van der Waals surface area contributed by atoms with Crippen LogP contribution in [-0.2, 0) is 0 Å². The number of nitro benzene ring substituents is 1. The number of non-ortho nitro benzene ring substituents is 1. The van der Waals surface area contributed by atoms with Gasteiger partial charge in [-0.1, -0.05) is 0 Å². The third-order valence-corrected chi connectivity index (χ3v) is 3.16. The number of ether oxygens (including phenoxy) is 1. The van der Waals surface area contributed by atoms with Gasteiger partial charge in [-0.05, 0) is 36.4 Å². The molecular formula is C16H17F3IN5O3. The van der Waals surface area contributed by atoms with E-state index < -0.39 is 11.3 Å². The molecule has 2 rings (SSSR count). The summed E-state index contributed by atoms with van der Waals surface area (Å²) in [6.45, 7) is 0.740. The molecule has 8 nitrogen and oxygen atoms in total. The number of anilines is 2. The van der Waals surface area contributed by atoms with Crippen LogP contribution in [0.4, 0.5) is 30.2 Å². The molecule has 152 valence electrons. The molecule has 28 heavy (non-hydrogen) atoms. The van der Waals surface area contributed by atoms with Gasteiger partial charge in [-0.2, -0.15) is 0 Å². The third kappa shape index (κ3) is 8.28. The van der Waals surface area contributed by atoms with Gasteiger partial charge in [-0.3, -0.25) is 15.1 Å². The number of hydrogen-bond acceptors (Lipinski definition) is 5. The molecule has 12 heteroatoms. The summed E-state index contributed by atoms with van der Waals surface area (Å²) in [5.74, 6) is -0.249. The topological polar surface area (TPSA) is 115 Å². The SMILES string of the molecule is I.NC(=NCCNc1ccc([N+](=O)[O-])cc1)Nc1ccc(OC(F)(F)F)cc1. The van der Waals surface area contributed by atoms with Crippen LogP contribution in [0.15, 0.2) is 53.5 Å². The van der Waals surface area contributed by atoms with E-state index >= 15 is 0 Å². The second-order valence-electron chi connectivity index (χ2n) is 5.19. The lowest BCUT2D eigenvalue weighted by Gasteiger charge is -2.10. The number of nitro groups is 1. The molecule has 0 aliphatic carbocycles. The lowest BCUT2D eigenvalue weighted by atomic mass is 10.3. The minimum Gasteiger partial charge on any atom is -0.406 e. The van der Waals surface area contributed by atoms with Crippen molar-refractivity contribution in [3.8, 4) is 5.75 Å². The van der Waals surface area contributed by atoms with Crippen LogP contribution in [0.5, 0.6) is 5.75 Å². The molecule has 0 fully saturated rings. The van der Waals surface area contributed by atoms with Crippen LogP contribution >= 0.6 is 24.0 Å². The highest BCUT2D eigenvalue weighted by atomic mass is 127. The zero-order chi connectivity index (χ0) is 19.9. The first-order valence-electron chi connectivity index (χ1n) is 7.64. The van der Waals surface area contributed by atoms with Gasteiger partial charge in [0, 0.05) is 30.1 Å². The van der Waals surface area contributed by atoms with Crippen LogP contribution < -0.4 is 21.1 Å². The number of guanidine groups is 1. The Balaban J connectivity index is 0.00000392. The van der Waals surface area contributed by atoms with Crippen molar-refractivity contribution in [1.29, 1.82) is 0 Å². The second kappa shape index (κ2) is 10.5. The first-order chi connectivity index (χ1) is 12.7. The van der Waals surface area contributed by atoms with Crippen LogP contribution in [0, 0.1) is 10.1 Å². The summed E-state index contributed by atoms with van der Waals surface area (Å²) in [5.41, 5.74) is 6.85. The van der Waals surface area contributed by atoms with Crippen LogP contribution in [-0.4, -0.2) is 30.3 Å². The summed E-state index contributed by atoms with van der Waals surface area (Å²) >= 11 is 0. The standard InChI is InChI=1S/C16H16F3N5O3.HI/c17-16(18,19)27-14-7-3-12(4-8-14)23-15(20)22-10-9-21-11-1-5-13(6-2-11)24(25)26;/h1-8,21H,9-10H2,(H3,20,22,23);1H. The second-order valence-corrected chi connectivity index (χ2v) is 5.19. The Labute approximate surface area is 175 Å². The van der Waals surface area contributed by atoms with Crippen molar-refractivity contribution in [1.82, 2.24) is 0 Å². The summed E-state index contributed by atoms with van der Waals surface area (Å²) < 4.78 is 40.0. The average molecular weight is 511 g/mol. The van der Waals surface area contributed by atoms with Crippen molar-refractivity contribution in [2.75, 3.05) is 23.7 Å². The van der Waals surface area contributed by atoms with E-state index in [4.69, 9.17) is 5.73 Å². The molecule has 0 heterocycles. The van der Waals surface area contributed by atoms with Crippen molar-refractivity contribution < 1.29 is 22.8 Å². The zero-order valence-electron chi connectivity index (χ0n) is 14.3. The van der Waals surface area contributed by atoms with E-state index in [1.807, 2.05) is 0 Å². The van der Waals surface area contributed by atoms with E-state index in [0.717, 1.165) is 12.1 Å². The number of hydrogen-bond donors (Lipinski definition) is 3. The molecule has 4 N–H and O–H groups in total. The quantitative estimate of drug-likeness (QED) is 0.130. The van der Waals surface area contributed by atoms with Gasteiger partial charge in [0.2, 0.25) is 0 Å². The van der Waals surface area contributed by atoms with Crippen LogP contribution in [0.3, 0.4) is 0 Å². The smallest absolute Gasteiger partial charge is 0.406 e. The van der Waals surface area contributed by atoms with Crippen LogP contribution in [0.2, 0.25) is 0 Å². The van der Waals surface area contributed by atoms with E-state index in [0.29, 0.717) is 24.5 Å². The number of rotatable bonds is 7. The van der Waals surface area contributed by atoms with Gasteiger partial charge in [-0.25, -0.2) is 0 Å². The van der Waals surface area contributed by atoms with Gasteiger partial charge in [0.05, 0.1) is 11.5 Å². The Morgan fingerprint density at radius 3 is 2.21 bits per heavy atom. The molecule has 2 aromatic carbocycles. The summed E-state index contributed by atoms with van der Waals surface area (Å²) in [7, 11) is 0. The van der Waals surface area contributed by atoms with E-state index in [9.17, 15) is 23.3 Å². The number of aliphatic imine (C=N–C) groups is 1. The van der Waals surface area contributed by atoms with Gasteiger partial charge in [0.1, 0.15) is 5.75 Å². The molecule has 0 radical (unpaired) electrons. The molecule has 0 unspecified atom stereocenters.